The zero-order valence-electron chi connectivity index (χ0n) is 13.6. The van der Waals surface area contributed by atoms with Gasteiger partial charge in [-0.25, -0.2) is 0 Å². The van der Waals surface area contributed by atoms with Gasteiger partial charge in [-0.05, 0) is 24.1 Å². The van der Waals surface area contributed by atoms with E-state index in [0.29, 0.717) is 18.6 Å². The number of benzene rings is 1. The first kappa shape index (κ1) is 17.6. The monoisotopic (exact) mass is 348 g/mol. The molecule has 0 saturated carbocycles. The van der Waals surface area contributed by atoms with Crippen molar-refractivity contribution in [1.82, 2.24) is 0 Å². The molecule has 0 spiro atoms. The second kappa shape index (κ2) is 6.97. The number of ether oxygens (including phenoxy) is 1. The lowest BCUT2D eigenvalue weighted by Gasteiger charge is -2.32. The first-order valence-corrected chi connectivity index (χ1v) is 7.94. The molecule has 7 nitrogen and oxygen atoms in total. The van der Waals surface area contributed by atoms with Crippen molar-refractivity contribution in [3.05, 3.63) is 63.2 Å². The standard InChI is InChI=1S/C18H20O7/c1-24-10-5-2-9(3-6-10)4-7-11-8-12(19)13-14(20)15(21)16(22)17(23)18(13)25-11/h2-3,5-6,8,14-17,20-23H,4,7H2,1H3/t14-,15+,16-,17+/m0/s1. The zero-order chi connectivity index (χ0) is 18.1. The van der Waals surface area contributed by atoms with Gasteiger partial charge < -0.3 is 29.6 Å². The average molecular weight is 348 g/mol. The van der Waals surface area contributed by atoms with Crippen LogP contribution in [0.5, 0.6) is 5.75 Å². The summed E-state index contributed by atoms with van der Waals surface area (Å²) in [6.45, 7) is 0. The molecular formula is C18H20O7. The van der Waals surface area contributed by atoms with Crippen molar-refractivity contribution in [3.8, 4) is 5.75 Å². The molecular weight excluding hydrogens is 328 g/mol. The summed E-state index contributed by atoms with van der Waals surface area (Å²) in [5.74, 6) is 0.880. The second-order valence-electron chi connectivity index (χ2n) is 6.07. The summed E-state index contributed by atoms with van der Waals surface area (Å²) in [4.78, 5) is 12.2. The lowest BCUT2D eigenvalue weighted by atomic mass is 9.87. The summed E-state index contributed by atoms with van der Waals surface area (Å²) >= 11 is 0. The van der Waals surface area contributed by atoms with Gasteiger partial charge in [-0.1, -0.05) is 12.1 Å². The van der Waals surface area contributed by atoms with E-state index in [1.165, 1.54) is 6.07 Å². The van der Waals surface area contributed by atoms with Crippen LogP contribution in [0.15, 0.2) is 39.5 Å². The Balaban J connectivity index is 1.84. The van der Waals surface area contributed by atoms with Gasteiger partial charge in [-0.3, -0.25) is 4.79 Å². The van der Waals surface area contributed by atoms with E-state index in [1.807, 2.05) is 24.3 Å². The first-order valence-electron chi connectivity index (χ1n) is 7.94. The number of hydrogen-bond acceptors (Lipinski definition) is 7. The molecule has 1 aromatic carbocycles. The molecule has 0 amide bonds. The molecule has 3 rings (SSSR count). The number of hydrogen-bond donors (Lipinski definition) is 4. The minimum Gasteiger partial charge on any atom is -0.497 e. The van der Waals surface area contributed by atoms with Crippen LogP contribution < -0.4 is 10.2 Å². The summed E-state index contributed by atoms with van der Waals surface area (Å²) in [5.41, 5.74) is 0.263. The Morgan fingerprint density at radius 2 is 1.64 bits per heavy atom. The molecule has 7 heteroatoms. The summed E-state index contributed by atoms with van der Waals surface area (Å²) < 4.78 is 10.6. The molecule has 0 bridgehead atoms. The van der Waals surface area contributed by atoms with Crippen LogP contribution in [0.1, 0.15) is 34.9 Å². The zero-order valence-corrected chi connectivity index (χ0v) is 13.6. The van der Waals surface area contributed by atoms with Gasteiger partial charge >= 0.3 is 0 Å². The van der Waals surface area contributed by atoms with Crippen LogP contribution >= 0.6 is 0 Å². The molecule has 4 atom stereocenters. The van der Waals surface area contributed by atoms with Crippen molar-refractivity contribution >= 4 is 0 Å². The van der Waals surface area contributed by atoms with Gasteiger partial charge in [0.15, 0.2) is 5.43 Å². The van der Waals surface area contributed by atoms with Crippen LogP contribution in [0.25, 0.3) is 0 Å². The van der Waals surface area contributed by atoms with Crippen molar-refractivity contribution in [2.45, 2.75) is 37.3 Å². The fraction of sp³-hybridized carbons (Fsp3) is 0.389. The number of methoxy groups -OCH3 is 1. The molecule has 0 saturated heterocycles. The van der Waals surface area contributed by atoms with Gasteiger partial charge in [0, 0.05) is 12.5 Å². The van der Waals surface area contributed by atoms with Crippen LogP contribution in [0.4, 0.5) is 0 Å². The van der Waals surface area contributed by atoms with Crippen molar-refractivity contribution < 1.29 is 29.6 Å². The Morgan fingerprint density at radius 1 is 1.00 bits per heavy atom. The third kappa shape index (κ3) is 3.32. The highest BCUT2D eigenvalue weighted by atomic mass is 16.5. The Morgan fingerprint density at radius 3 is 2.28 bits per heavy atom. The van der Waals surface area contributed by atoms with Crippen LogP contribution in [-0.4, -0.2) is 39.7 Å². The topological polar surface area (TPSA) is 120 Å². The van der Waals surface area contributed by atoms with E-state index >= 15 is 0 Å². The molecule has 4 N–H and O–H groups in total. The number of aliphatic hydroxyl groups is 4. The minimum absolute atomic E-state index is 0.192. The lowest BCUT2D eigenvalue weighted by Crippen LogP contribution is -2.44. The summed E-state index contributed by atoms with van der Waals surface area (Å²) in [6.07, 6.45) is -5.44. The number of aryl methyl sites for hydroxylation is 2. The lowest BCUT2D eigenvalue weighted by molar-refractivity contribution is -0.128. The molecule has 25 heavy (non-hydrogen) atoms. The van der Waals surface area contributed by atoms with Crippen molar-refractivity contribution in [3.63, 3.8) is 0 Å². The SMILES string of the molecule is COc1ccc(CCc2cc(=O)c3c(o2)[C@H](O)[C@@H](O)[C@H](O)[C@H]3O)cc1. The van der Waals surface area contributed by atoms with E-state index in [1.54, 1.807) is 7.11 Å². The number of rotatable bonds is 4. The molecule has 1 aliphatic rings. The van der Waals surface area contributed by atoms with E-state index in [0.717, 1.165) is 11.3 Å². The van der Waals surface area contributed by atoms with Crippen LogP contribution in [0.2, 0.25) is 0 Å². The van der Waals surface area contributed by atoms with Crippen LogP contribution in [0, 0.1) is 0 Å². The van der Waals surface area contributed by atoms with Gasteiger partial charge in [-0.2, -0.15) is 0 Å². The maximum Gasteiger partial charge on any atom is 0.191 e. The van der Waals surface area contributed by atoms with E-state index in [2.05, 4.69) is 0 Å². The first-order chi connectivity index (χ1) is 11.9. The summed E-state index contributed by atoms with van der Waals surface area (Å²) in [5, 5.41) is 39.5. The normalized spacial score (nSPS) is 25.5. The Hall–Kier alpha value is -2.19. The maximum atomic E-state index is 12.2. The third-order valence-corrected chi connectivity index (χ3v) is 4.44. The largest absolute Gasteiger partial charge is 0.497 e. The highest BCUT2D eigenvalue weighted by Gasteiger charge is 2.43. The highest BCUT2D eigenvalue weighted by Crippen LogP contribution is 2.35. The maximum absolute atomic E-state index is 12.2. The van der Waals surface area contributed by atoms with Gasteiger partial charge in [-0.15, -0.1) is 0 Å². The highest BCUT2D eigenvalue weighted by molar-refractivity contribution is 5.30. The quantitative estimate of drug-likeness (QED) is 0.624. The number of fused-ring (bicyclic) bond motifs is 1. The number of aliphatic hydroxyl groups excluding tert-OH is 4. The van der Waals surface area contributed by atoms with Gasteiger partial charge in [0.1, 0.15) is 41.7 Å². The molecule has 1 aliphatic carbocycles. The summed E-state index contributed by atoms with van der Waals surface area (Å²) in [6, 6.07) is 8.69. The fourth-order valence-electron chi connectivity index (χ4n) is 2.96. The van der Waals surface area contributed by atoms with Crippen LogP contribution in [-0.2, 0) is 12.8 Å². The molecule has 0 aliphatic heterocycles. The molecule has 134 valence electrons. The Labute approximate surface area is 143 Å². The molecule has 1 heterocycles. The van der Waals surface area contributed by atoms with Gasteiger partial charge in [0.2, 0.25) is 0 Å². The van der Waals surface area contributed by atoms with E-state index in [9.17, 15) is 25.2 Å². The molecule has 0 radical (unpaired) electrons. The Bertz CT molecular complexity index is 796. The van der Waals surface area contributed by atoms with Gasteiger partial charge in [0.25, 0.3) is 0 Å². The predicted molar refractivity (Wildman–Crippen MR) is 87.3 cm³/mol. The minimum atomic E-state index is -1.64. The van der Waals surface area contributed by atoms with E-state index in [-0.39, 0.29) is 11.3 Å². The predicted octanol–water partition coefficient (Wildman–Crippen LogP) is 0.236. The average Bonchev–Trinajstić information content (AvgIpc) is 2.62. The molecule has 1 aromatic heterocycles. The van der Waals surface area contributed by atoms with E-state index in [4.69, 9.17) is 9.15 Å². The summed E-state index contributed by atoms with van der Waals surface area (Å²) in [7, 11) is 1.59. The smallest absolute Gasteiger partial charge is 0.191 e. The fourth-order valence-corrected chi connectivity index (χ4v) is 2.96. The van der Waals surface area contributed by atoms with Crippen LogP contribution in [0.3, 0.4) is 0 Å². The molecule has 0 unspecified atom stereocenters. The van der Waals surface area contributed by atoms with Crippen molar-refractivity contribution in [1.29, 1.82) is 0 Å². The molecule has 2 aromatic rings. The van der Waals surface area contributed by atoms with Gasteiger partial charge in [0.05, 0.1) is 12.7 Å². The molecule has 0 fully saturated rings. The van der Waals surface area contributed by atoms with Crippen molar-refractivity contribution in [2.75, 3.05) is 7.11 Å². The third-order valence-electron chi connectivity index (χ3n) is 4.44. The van der Waals surface area contributed by atoms with E-state index < -0.39 is 29.8 Å². The van der Waals surface area contributed by atoms with Crippen molar-refractivity contribution in [2.24, 2.45) is 0 Å². The second-order valence-corrected chi connectivity index (χ2v) is 6.07. The Kier molecular flexibility index (Phi) is 4.91.